The largest absolute Gasteiger partial charge is 0.372 e. The molecule has 3 rings (SSSR count). The molecule has 0 bridgehead atoms. The molecule has 2 aromatic carbocycles. The highest BCUT2D eigenvalue weighted by Gasteiger charge is 2.12. The van der Waals surface area contributed by atoms with E-state index >= 15 is 0 Å². The number of rotatable bonds is 8. The molecule has 3 aromatic rings. The van der Waals surface area contributed by atoms with E-state index in [1.807, 2.05) is 59.4 Å². The van der Waals surface area contributed by atoms with E-state index in [9.17, 15) is 4.79 Å². The molecule has 0 fully saturated rings. The summed E-state index contributed by atoms with van der Waals surface area (Å²) in [7, 11) is 0. The first-order valence-electron chi connectivity index (χ1n) is 8.96. The predicted molar refractivity (Wildman–Crippen MR) is 116 cm³/mol. The third-order valence-corrected chi connectivity index (χ3v) is 5.99. The van der Waals surface area contributed by atoms with Crippen LogP contribution in [0.25, 0.3) is 0 Å². The van der Waals surface area contributed by atoms with Gasteiger partial charge in [0.05, 0.1) is 16.8 Å². The van der Waals surface area contributed by atoms with Crippen molar-refractivity contribution in [1.82, 2.24) is 4.98 Å². The summed E-state index contributed by atoms with van der Waals surface area (Å²) in [5, 5.41) is 5.04. The Balaban J connectivity index is 1.69. The number of carbonyl (C=O) groups excluding carboxylic acids is 1. The van der Waals surface area contributed by atoms with Crippen molar-refractivity contribution in [2.75, 3.05) is 23.3 Å². The van der Waals surface area contributed by atoms with Gasteiger partial charge < -0.3 is 10.2 Å². The van der Waals surface area contributed by atoms with Gasteiger partial charge >= 0.3 is 0 Å². The van der Waals surface area contributed by atoms with E-state index < -0.39 is 0 Å². The second-order valence-corrected chi connectivity index (χ2v) is 7.67. The number of hydrogen-bond acceptors (Lipinski definition) is 5. The summed E-state index contributed by atoms with van der Waals surface area (Å²) < 4.78 is 0. The number of thioether (sulfide) groups is 1. The van der Waals surface area contributed by atoms with E-state index in [4.69, 9.17) is 0 Å². The Kier molecular flexibility index (Phi) is 6.90. The lowest BCUT2D eigenvalue weighted by molar-refractivity contribution is 0.102. The lowest BCUT2D eigenvalue weighted by Gasteiger charge is -2.21. The second-order valence-electron chi connectivity index (χ2n) is 5.94. The molecule has 0 saturated carbocycles. The number of aromatic nitrogens is 1. The summed E-state index contributed by atoms with van der Waals surface area (Å²) >= 11 is 3.22. The van der Waals surface area contributed by atoms with Crippen molar-refractivity contribution in [3.63, 3.8) is 0 Å². The van der Waals surface area contributed by atoms with Crippen molar-refractivity contribution in [3.8, 4) is 0 Å². The molecule has 0 saturated heterocycles. The SMILES string of the molecule is CCN(CC)c1ccc(NC(=O)c2ccccc2SCc2cscn2)cc1. The zero-order valence-corrected chi connectivity index (χ0v) is 17.1. The number of nitrogens with zero attached hydrogens (tertiary/aromatic N) is 2. The van der Waals surface area contributed by atoms with Crippen LogP contribution in [0.15, 0.2) is 64.3 Å². The third kappa shape index (κ3) is 5.11. The Morgan fingerprint density at radius 3 is 2.52 bits per heavy atom. The fourth-order valence-electron chi connectivity index (χ4n) is 2.78. The van der Waals surface area contributed by atoms with Crippen molar-refractivity contribution >= 4 is 40.4 Å². The molecule has 0 aliphatic heterocycles. The van der Waals surface area contributed by atoms with Crippen molar-refractivity contribution in [1.29, 1.82) is 0 Å². The average Bonchev–Trinajstić information content (AvgIpc) is 3.22. The predicted octanol–water partition coefficient (Wildman–Crippen LogP) is 5.53. The number of nitrogens with one attached hydrogen (secondary N) is 1. The maximum atomic E-state index is 12.8. The van der Waals surface area contributed by atoms with Crippen LogP contribution >= 0.6 is 23.1 Å². The fourth-order valence-corrected chi connectivity index (χ4v) is 4.40. The van der Waals surface area contributed by atoms with Gasteiger partial charge in [-0.05, 0) is 50.2 Å². The zero-order chi connectivity index (χ0) is 19.1. The highest BCUT2D eigenvalue weighted by molar-refractivity contribution is 7.98. The van der Waals surface area contributed by atoms with Crippen LogP contribution in [-0.2, 0) is 5.75 Å². The normalized spacial score (nSPS) is 10.6. The lowest BCUT2D eigenvalue weighted by Crippen LogP contribution is -2.21. The van der Waals surface area contributed by atoms with Crippen LogP contribution in [0, 0.1) is 0 Å². The molecule has 0 aliphatic rings. The van der Waals surface area contributed by atoms with Crippen LogP contribution in [0.5, 0.6) is 0 Å². The molecule has 1 amide bonds. The van der Waals surface area contributed by atoms with Gasteiger partial charge in [-0.2, -0.15) is 0 Å². The average molecular weight is 398 g/mol. The fraction of sp³-hybridized carbons (Fsp3) is 0.238. The highest BCUT2D eigenvalue weighted by Crippen LogP contribution is 2.27. The number of benzene rings is 2. The molecule has 1 heterocycles. The van der Waals surface area contributed by atoms with E-state index in [2.05, 4.69) is 29.0 Å². The first-order valence-corrected chi connectivity index (χ1v) is 10.9. The summed E-state index contributed by atoms with van der Waals surface area (Å²) in [6.45, 7) is 6.20. The Bertz CT molecular complexity index is 859. The quantitative estimate of drug-likeness (QED) is 0.507. The minimum atomic E-state index is -0.0908. The van der Waals surface area contributed by atoms with Crippen molar-refractivity contribution in [2.45, 2.75) is 24.5 Å². The van der Waals surface area contributed by atoms with Gasteiger partial charge in [0.1, 0.15) is 0 Å². The molecule has 27 heavy (non-hydrogen) atoms. The van der Waals surface area contributed by atoms with Crippen molar-refractivity contribution < 1.29 is 4.79 Å². The highest BCUT2D eigenvalue weighted by atomic mass is 32.2. The van der Waals surface area contributed by atoms with E-state index in [1.54, 1.807) is 23.1 Å². The molecule has 0 unspecified atom stereocenters. The molecule has 0 aliphatic carbocycles. The lowest BCUT2D eigenvalue weighted by atomic mass is 10.2. The standard InChI is InChI=1S/C21H23N3OS2/c1-3-24(4-2)18-11-9-16(10-12-18)23-21(25)19-7-5-6-8-20(19)27-14-17-13-26-15-22-17/h5-13,15H,3-4,14H2,1-2H3,(H,23,25). The summed E-state index contributed by atoms with van der Waals surface area (Å²) in [5.74, 6) is 0.666. The van der Waals surface area contributed by atoms with Gasteiger partial charge in [-0.25, -0.2) is 4.98 Å². The monoisotopic (exact) mass is 397 g/mol. The number of anilines is 2. The van der Waals surface area contributed by atoms with Gasteiger partial charge in [0.15, 0.2) is 0 Å². The van der Waals surface area contributed by atoms with Crippen LogP contribution in [-0.4, -0.2) is 24.0 Å². The maximum absolute atomic E-state index is 12.8. The van der Waals surface area contributed by atoms with Gasteiger partial charge in [-0.1, -0.05) is 12.1 Å². The van der Waals surface area contributed by atoms with Crippen LogP contribution < -0.4 is 10.2 Å². The molecular weight excluding hydrogens is 374 g/mol. The minimum absolute atomic E-state index is 0.0908. The molecule has 0 spiro atoms. The van der Waals surface area contributed by atoms with Gasteiger partial charge in [-0.15, -0.1) is 23.1 Å². The first-order chi connectivity index (χ1) is 13.2. The summed E-state index contributed by atoms with van der Waals surface area (Å²) in [6.07, 6.45) is 0. The molecule has 0 radical (unpaired) electrons. The number of amides is 1. The Labute approximate surface area is 168 Å². The minimum Gasteiger partial charge on any atom is -0.372 e. The van der Waals surface area contributed by atoms with Crippen LogP contribution in [0.3, 0.4) is 0 Å². The van der Waals surface area contributed by atoms with Crippen molar-refractivity contribution in [2.24, 2.45) is 0 Å². The van der Waals surface area contributed by atoms with Gasteiger partial charge in [-0.3, -0.25) is 4.79 Å². The molecule has 140 valence electrons. The Morgan fingerprint density at radius 1 is 1.11 bits per heavy atom. The Morgan fingerprint density at radius 2 is 1.85 bits per heavy atom. The van der Waals surface area contributed by atoms with Crippen molar-refractivity contribution in [3.05, 3.63) is 70.7 Å². The van der Waals surface area contributed by atoms with E-state index in [0.717, 1.165) is 40.8 Å². The van der Waals surface area contributed by atoms with Gasteiger partial charge in [0, 0.05) is 40.5 Å². The molecule has 4 nitrogen and oxygen atoms in total. The zero-order valence-electron chi connectivity index (χ0n) is 15.5. The van der Waals surface area contributed by atoms with E-state index in [1.165, 1.54) is 0 Å². The van der Waals surface area contributed by atoms with E-state index in [0.29, 0.717) is 5.56 Å². The van der Waals surface area contributed by atoms with Crippen LogP contribution in [0.4, 0.5) is 11.4 Å². The number of hydrogen-bond donors (Lipinski definition) is 1. The van der Waals surface area contributed by atoms with Crippen LogP contribution in [0.1, 0.15) is 29.9 Å². The van der Waals surface area contributed by atoms with E-state index in [-0.39, 0.29) is 5.91 Å². The topological polar surface area (TPSA) is 45.2 Å². The number of thiazole rings is 1. The molecule has 6 heteroatoms. The van der Waals surface area contributed by atoms with Crippen LogP contribution in [0.2, 0.25) is 0 Å². The summed E-state index contributed by atoms with van der Waals surface area (Å²) in [4.78, 5) is 20.3. The molecule has 0 atom stereocenters. The molecule has 1 aromatic heterocycles. The van der Waals surface area contributed by atoms with Gasteiger partial charge in [0.2, 0.25) is 0 Å². The molecular formula is C21H23N3OS2. The summed E-state index contributed by atoms with van der Waals surface area (Å²) in [6, 6.07) is 15.7. The third-order valence-electron chi connectivity index (χ3n) is 4.24. The second kappa shape index (κ2) is 9.58. The smallest absolute Gasteiger partial charge is 0.256 e. The maximum Gasteiger partial charge on any atom is 0.256 e. The first kappa shape index (κ1) is 19.5. The Hall–Kier alpha value is -2.31. The van der Waals surface area contributed by atoms with Gasteiger partial charge in [0.25, 0.3) is 5.91 Å². The molecule has 1 N–H and O–H groups in total. The summed E-state index contributed by atoms with van der Waals surface area (Å²) in [5.41, 5.74) is 5.52. The number of carbonyl (C=O) groups is 1.